The number of carboxylic acid groups (broad SMARTS) is 1. The van der Waals surface area contributed by atoms with Crippen molar-refractivity contribution in [3.05, 3.63) is 191 Å². The molecule has 0 bridgehead atoms. The van der Waals surface area contributed by atoms with Gasteiger partial charge in [0.15, 0.2) is 0 Å². The largest absolute Gasteiger partial charge is 0.477 e. The van der Waals surface area contributed by atoms with Crippen molar-refractivity contribution >= 4 is 58.7 Å². The third kappa shape index (κ3) is 8.43. The highest BCUT2D eigenvalue weighted by atomic mass is 16.5. The fraction of sp³-hybridized carbons (Fsp3) is 0.0435. The van der Waals surface area contributed by atoms with Crippen LogP contribution in [0, 0.1) is 31.8 Å². The van der Waals surface area contributed by atoms with E-state index in [-0.39, 0.29) is 17.9 Å². The lowest BCUT2D eigenvalue weighted by Gasteiger charge is -2.26. The molecule has 262 valence electrons. The number of carboxylic acids is 1. The van der Waals surface area contributed by atoms with E-state index in [2.05, 4.69) is 119 Å². The zero-order valence-corrected chi connectivity index (χ0v) is 29.5. The summed E-state index contributed by atoms with van der Waals surface area (Å²) < 4.78 is 4.74. The molecule has 0 fully saturated rings. The van der Waals surface area contributed by atoms with Gasteiger partial charge in [0.2, 0.25) is 0 Å². The molecule has 0 saturated heterocycles. The number of benzene rings is 6. The molecule has 0 radical (unpaired) electrons. The molecule has 0 spiro atoms. The summed E-state index contributed by atoms with van der Waals surface area (Å²) in [5.74, 6) is -1.36. The number of hydrogen-bond donors (Lipinski definition) is 1. The summed E-state index contributed by atoms with van der Waals surface area (Å²) in [5.41, 5.74) is 11.0. The number of carbonyl (C=O) groups is 2. The molecule has 6 rings (SSSR count). The number of nitrogens with zero attached hydrogens (tertiary/aromatic N) is 4. The molecule has 0 unspecified atom stereocenters. The van der Waals surface area contributed by atoms with Gasteiger partial charge in [-0.2, -0.15) is 10.1 Å². The van der Waals surface area contributed by atoms with Crippen LogP contribution in [-0.4, -0.2) is 17.5 Å². The summed E-state index contributed by atoms with van der Waals surface area (Å²) >= 11 is 0. The Morgan fingerprint density at radius 1 is 0.611 bits per heavy atom. The van der Waals surface area contributed by atoms with Crippen LogP contribution in [0.2, 0.25) is 0 Å². The third-order valence-corrected chi connectivity index (χ3v) is 8.70. The van der Waals surface area contributed by atoms with Crippen molar-refractivity contribution in [1.82, 2.24) is 0 Å². The van der Waals surface area contributed by atoms with Gasteiger partial charge >= 0.3 is 11.9 Å². The maximum Gasteiger partial charge on any atom is 0.348 e. The Kier molecular flexibility index (Phi) is 11.1. The van der Waals surface area contributed by atoms with Crippen LogP contribution in [0.15, 0.2) is 157 Å². The molecule has 8 nitrogen and oxygen atoms in total. The molecule has 54 heavy (non-hydrogen) atoms. The minimum atomic E-state index is -1.26. The number of aryl methyl sites for hydroxylation is 2. The summed E-state index contributed by atoms with van der Waals surface area (Å²) in [6.07, 6.45) is 2.88. The quantitative estimate of drug-likeness (QED) is 0.0445. The normalized spacial score (nSPS) is 11.2. The van der Waals surface area contributed by atoms with Crippen molar-refractivity contribution < 1.29 is 19.4 Å². The van der Waals surface area contributed by atoms with E-state index in [9.17, 15) is 20.0 Å². The zero-order valence-electron chi connectivity index (χ0n) is 29.5. The molecule has 8 heteroatoms. The van der Waals surface area contributed by atoms with Gasteiger partial charge < -0.3 is 19.6 Å². The van der Waals surface area contributed by atoms with Gasteiger partial charge in [-0.25, -0.2) is 4.79 Å². The van der Waals surface area contributed by atoms with Crippen molar-refractivity contribution in [1.29, 1.82) is 5.26 Å². The first-order chi connectivity index (χ1) is 26.3. The van der Waals surface area contributed by atoms with Gasteiger partial charge in [-0.15, -0.1) is 0 Å². The summed E-state index contributed by atoms with van der Waals surface area (Å²) in [5, 5.41) is 18.5. The number of hydrogen-bond acceptors (Lipinski definition) is 6. The van der Waals surface area contributed by atoms with Crippen LogP contribution in [0.5, 0.6) is 0 Å². The molecule has 1 N–H and O–H groups in total. The van der Waals surface area contributed by atoms with Gasteiger partial charge in [0, 0.05) is 34.1 Å². The van der Waals surface area contributed by atoms with E-state index in [4.69, 9.17) is 11.3 Å². The van der Waals surface area contributed by atoms with Gasteiger partial charge in [0.1, 0.15) is 11.6 Å². The van der Waals surface area contributed by atoms with E-state index in [0.717, 1.165) is 61.9 Å². The number of nitriles is 1. The number of ether oxygens (including phenoxy) is 1. The van der Waals surface area contributed by atoms with Crippen LogP contribution in [0.4, 0.5) is 34.1 Å². The van der Waals surface area contributed by atoms with Crippen LogP contribution in [0.3, 0.4) is 0 Å². The van der Waals surface area contributed by atoms with Gasteiger partial charge in [-0.05, 0) is 121 Å². The topological polar surface area (TPSA) is 98.2 Å². The average molecular weight is 707 g/mol. The van der Waals surface area contributed by atoms with E-state index in [1.807, 2.05) is 43.3 Å². The summed E-state index contributed by atoms with van der Waals surface area (Å²) in [6.45, 7) is 11.6. The van der Waals surface area contributed by atoms with E-state index in [1.165, 1.54) is 12.2 Å². The second kappa shape index (κ2) is 16.6. The maximum absolute atomic E-state index is 11.4. The Morgan fingerprint density at radius 2 is 0.944 bits per heavy atom. The molecule has 0 saturated carbocycles. The summed E-state index contributed by atoms with van der Waals surface area (Å²) in [4.78, 5) is 29.6. The molecule has 0 aliphatic carbocycles. The van der Waals surface area contributed by atoms with Crippen molar-refractivity contribution in [2.75, 3.05) is 9.80 Å². The van der Waals surface area contributed by atoms with Gasteiger partial charge in [0.05, 0.1) is 6.57 Å². The fourth-order valence-electron chi connectivity index (χ4n) is 5.92. The Bertz CT molecular complexity index is 2400. The second-order valence-electron chi connectivity index (χ2n) is 12.4. The molecule has 0 aliphatic heterocycles. The van der Waals surface area contributed by atoms with Gasteiger partial charge in [-0.3, -0.25) is 4.79 Å². The standard InChI is InChI=1S/C46H34N4O4/c1-32-4-16-39(17-5-32)49(41-20-8-34(9-21-41)28-38(30-47)46(52)53)43-24-12-36(13-25-43)37-14-26-44(27-15-37)50(40-18-6-33(2)7-19-40)42-22-10-35(11-23-42)29-45(48-3)54-31-51/h4-29,31H,1-2H3,(H,52,53)/b38-28-,45-29-. The number of aliphatic carboxylic acids is 1. The lowest BCUT2D eigenvalue weighted by Crippen LogP contribution is -2.10. The smallest absolute Gasteiger partial charge is 0.348 e. The lowest BCUT2D eigenvalue weighted by molar-refractivity contribution is -0.132. The number of anilines is 6. The van der Waals surface area contributed by atoms with E-state index in [0.29, 0.717) is 5.56 Å². The Morgan fingerprint density at radius 3 is 1.26 bits per heavy atom. The van der Waals surface area contributed by atoms with Crippen LogP contribution in [0.1, 0.15) is 22.3 Å². The molecular weight excluding hydrogens is 673 g/mol. The second-order valence-corrected chi connectivity index (χ2v) is 12.4. The highest BCUT2D eigenvalue weighted by Crippen LogP contribution is 2.38. The van der Waals surface area contributed by atoms with Gasteiger partial charge in [0.25, 0.3) is 6.47 Å². The molecule has 0 amide bonds. The lowest BCUT2D eigenvalue weighted by atomic mass is 10.0. The van der Waals surface area contributed by atoms with Crippen molar-refractivity contribution in [2.45, 2.75) is 13.8 Å². The Hall–Kier alpha value is -7.68. The first-order valence-electron chi connectivity index (χ1n) is 16.9. The monoisotopic (exact) mass is 706 g/mol. The minimum Gasteiger partial charge on any atom is -0.477 e. The predicted octanol–water partition coefficient (Wildman–Crippen LogP) is 11.3. The van der Waals surface area contributed by atoms with Crippen molar-refractivity contribution in [3.63, 3.8) is 0 Å². The van der Waals surface area contributed by atoms with E-state index < -0.39 is 5.97 Å². The van der Waals surface area contributed by atoms with Crippen LogP contribution >= 0.6 is 0 Å². The van der Waals surface area contributed by atoms with Crippen LogP contribution in [0.25, 0.3) is 28.1 Å². The maximum atomic E-state index is 11.4. The number of carbonyl (C=O) groups excluding carboxylic acids is 1. The summed E-state index contributed by atoms with van der Waals surface area (Å²) in [7, 11) is 0. The van der Waals surface area contributed by atoms with Crippen molar-refractivity contribution in [2.24, 2.45) is 0 Å². The van der Waals surface area contributed by atoms with E-state index in [1.54, 1.807) is 18.2 Å². The Labute approximate surface area is 314 Å². The van der Waals surface area contributed by atoms with Crippen LogP contribution < -0.4 is 9.80 Å². The van der Waals surface area contributed by atoms with Gasteiger partial charge in [-0.1, -0.05) is 83.9 Å². The highest BCUT2D eigenvalue weighted by molar-refractivity contribution is 5.96. The van der Waals surface area contributed by atoms with Crippen LogP contribution in [-0.2, 0) is 14.3 Å². The van der Waals surface area contributed by atoms with E-state index >= 15 is 0 Å². The average Bonchev–Trinajstić information content (AvgIpc) is 3.20. The molecule has 6 aromatic rings. The number of rotatable bonds is 12. The fourth-order valence-corrected chi connectivity index (χ4v) is 5.92. The third-order valence-electron chi connectivity index (χ3n) is 8.70. The predicted molar refractivity (Wildman–Crippen MR) is 214 cm³/mol. The summed E-state index contributed by atoms with van der Waals surface area (Å²) in [6, 6.07) is 50.0. The molecule has 0 aromatic heterocycles. The molecule has 6 aromatic carbocycles. The first kappa shape index (κ1) is 36.1. The first-order valence-corrected chi connectivity index (χ1v) is 16.9. The molecular formula is C46H34N4O4. The zero-order chi connectivity index (χ0) is 38.0. The molecule has 0 aliphatic rings. The van der Waals surface area contributed by atoms with Crippen molar-refractivity contribution in [3.8, 4) is 17.2 Å². The molecule has 0 heterocycles. The minimum absolute atomic E-state index is 0.100. The molecule has 0 atom stereocenters. The highest BCUT2D eigenvalue weighted by Gasteiger charge is 2.15. The Balaban J connectivity index is 1.30. The SMILES string of the molecule is [C-]#[N+]/C(=C/c1ccc(N(c2ccc(C)cc2)c2ccc(-c3ccc(N(c4ccc(C)cc4)c4ccc(/C=C(/C#N)C(=O)O)cc4)cc3)cc2)cc1)OC=O.